The second kappa shape index (κ2) is 8.60. The van der Waals surface area contributed by atoms with E-state index in [0.717, 1.165) is 50.0 Å². The molecule has 1 fully saturated rings. The van der Waals surface area contributed by atoms with Crippen LogP contribution in [0.3, 0.4) is 0 Å². The van der Waals surface area contributed by atoms with Gasteiger partial charge in [-0.2, -0.15) is 0 Å². The minimum Gasteiger partial charge on any atom is -0.496 e. The Morgan fingerprint density at radius 2 is 2.08 bits per heavy atom. The number of carbonyl (C=O) groups excluding carboxylic acids is 1. The number of hydrogen-bond acceptors (Lipinski definition) is 5. The van der Waals surface area contributed by atoms with Crippen molar-refractivity contribution in [2.24, 2.45) is 11.8 Å². The van der Waals surface area contributed by atoms with Crippen molar-refractivity contribution in [3.63, 3.8) is 0 Å². The fourth-order valence-corrected chi connectivity index (χ4v) is 3.51. The summed E-state index contributed by atoms with van der Waals surface area (Å²) in [4.78, 5) is 12.4. The van der Waals surface area contributed by atoms with Gasteiger partial charge in [-0.05, 0) is 60.1 Å². The maximum Gasteiger partial charge on any atom is 0.223 e. The van der Waals surface area contributed by atoms with Gasteiger partial charge in [0.15, 0.2) is 0 Å². The standard InChI is InChI=1S/C18H25N5O2/c1-25-17-5-3-2-4-15(17)10-11-19-18(24)16-8-6-14(7-9-16)12-23-13-20-21-22-23/h2-5,13-14,16H,6-12H2,1H3,(H,19,24). The molecule has 2 aromatic rings. The van der Waals surface area contributed by atoms with Crippen LogP contribution >= 0.6 is 0 Å². The first-order chi connectivity index (χ1) is 12.3. The zero-order valence-electron chi connectivity index (χ0n) is 14.6. The van der Waals surface area contributed by atoms with Crippen LogP contribution in [0.2, 0.25) is 0 Å². The molecule has 3 rings (SSSR count). The SMILES string of the molecule is COc1ccccc1CCNC(=O)C1CCC(Cn2cnnn2)CC1. The number of nitrogens with zero attached hydrogens (tertiary/aromatic N) is 4. The molecule has 25 heavy (non-hydrogen) atoms. The average molecular weight is 343 g/mol. The maximum atomic E-state index is 12.4. The highest BCUT2D eigenvalue weighted by molar-refractivity contribution is 5.78. The van der Waals surface area contributed by atoms with E-state index in [4.69, 9.17) is 4.74 Å². The van der Waals surface area contributed by atoms with Crippen LogP contribution in [0.25, 0.3) is 0 Å². The first kappa shape index (κ1) is 17.4. The van der Waals surface area contributed by atoms with Gasteiger partial charge >= 0.3 is 0 Å². The van der Waals surface area contributed by atoms with E-state index in [1.54, 1.807) is 18.1 Å². The molecular weight excluding hydrogens is 318 g/mol. The Bertz CT molecular complexity index is 666. The van der Waals surface area contributed by atoms with E-state index in [1.165, 1.54) is 0 Å². The minimum absolute atomic E-state index is 0.128. The van der Waals surface area contributed by atoms with Gasteiger partial charge in [-0.25, -0.2) is 4.68 Å². The van der Waals surface area contributed by atoms with Gasteiger partial charge in [-0.1, -0.05) is 18.2 Å². The number of hydrogen-bond donors (Lipinski definition) is 1. The summed E-state index contributed by atoms with van der Waals surface area (Å²) in [6.07, 6.45) is 6.40. The molecule has 7 nitrogen and oxygen atoms in total. The first-order valence-corrected chi connectivity index (χ1v) is 8.86. The Hall–Kier alpha value is -2.44. The molecule has 0 atom stereocenters. The molecule has 134 valence electrons. The normalized spacial score (nSPS) is 20.2. The highest BCUT2D eigenvalue weighted by Crippen LogP contribution is 2.29. The Morgan fingerprint density at radius 3 is 2.80 bits per heavy atom. The zero-order valence-corrected chi connectivity index (χ0v) is 14.6. The summed E-state index contributed by atoms with van der Waals surface area (Å²) in [5, 5.41) is 14.3. The number of amides is 1. The monoisotopic (exact) mass is 343 g/mol. The quantitative estimate of drug-likeness (QED) is 0.830. The summed E-state index contributed by atoms with van der Waals surface area (Å²) in [5.41, 5.74) is 1.12. The number of rotatable bonds is 7. The second-order valence-electron chi connectivity index (χ2n) is 6.60. The van der Waals surface area contributed by atoms with Crippen LogP contribution in [0, 0.1) is 11.8 Å². The van der Waals surface area contributed by atoms with Crippen LogP contribution < -0.4 is 10.1 Å². The van der Waals surface area contributed by atoms with Crippen LogP contribution in [0.15, 0.2) is 30.6 Å². The summed E-state index contributed by atoms with van der Waals surface area (Å²) in [5.74, 6) is 1.74. The van der Waals surface area contributed by atoms with E-state index in [0.29, 0.717) is 12.5 Å². The van der Waals surface area contributed by atoms with Gasteiger partial charge < -0.3 is 10.1 Å². The van der Waals surface area contributed by atoms with E-state index in [2.05, 4.69) is 20.8 Å². The summed E-state index contributed by atoms with van der Waals surface area (Å²) in [6, 6.07) is 7.93. The molecule has 1 N–H and O–H groups in total. The number of ether oxygens (including phenoxy) is 1. The molecule has 1 aliphatic carbocycles. The van der Waals surface area contributed by atoms with E-state index in [9.17, 15) is 4.79 Å². The zero-order chi connectivity index (χ0) is 17.5. The molecule has 1 aromatic carbocycles. The van der Waals surface area contributed by atoms with Gasteiger partial charge in [0.25, 0.3) is 0 Å². The maximum absolute atomic E-state index is 12.4. The molecule has 1 aromatic heterocycles. The number of tetrazole rings is 1. The van der Waals surface area contributed by atoms with Gasteiger partial charge in [-0.3, -0.25) is 4.79 Å². The highest BCUT2D eigenvalue weighted by Gasteiger charge is 2.26. The highest BCUT2D eigenvalue weighted by atomic mass is 16.5. The third-order valence-corrected chi connectivity index (χ3v) is 4.94. The minimum atomic E-state index is 0.128. The lowest BCUT2D eigenvalue weighted by atomic mass is 9.81. The van der Waals surface area contributed by atoms with Crippen LogP contribution in [0.1, 0.15) is 31.2 Å². The van der Waals surface area contributed by atoms with Gasteiger partial charge in [0.05, 0.1) is 7.11 Å². The van der Waals surface area contributed by atoms with E-state index >= 15 is 0 Å². The van der Waals surface area contributed by atoms with Crippen LogP contribution in [-0.2, 0) is 17.8 Å². The van der Waals surface area contributed by atoms with Gasteiger partial charge in [-0.15, -0.1) is 5.10 Å². The molecule has 1 heterocycles. The van der Waals surface area contributed by atoms with Crippen LogP contribution in [0.4, 0.5) is 0 Å². The van der Waals surface area contributed by atoms with Crippen molar-refractivity contribution in [1.29, 1.82) is 0 Å². The number of carbonyl (C=O) groups is 1. The lowest BCUT2D eigenvalue weighted by molar-refractivity contribution is -0.126. The average Bonchev–Trinajstić information content (AvgIpc) is 3.15. The smallest absolute Gasteiger partial charge is 0.223 e. The van der Waals surface area contributed by atoms with E-state index in [1.807, 2.05) is 24.3 Å². The summed E-state index contributed by atoms with van der Waals surface area (Å²) in [7, 11) is 1.67. The molecule has 7 heteroatoms. The predicted octanol–water partition coefficient (Wildman–Crippen LogP) is 1.85. The predicted molar refractivity (Wildman–Crippen MR) is 93.0 cm³/mol. The Labute approximate surface area is 147 Å². The van der Waals surface area contributed by atoms with Gasteiger partial charge in [0, 0.05) is 19.0 Å². The largest absolute Gasteiger partial charge is 0.496 e. The Kier molecular flexibility index (Phi) is 5.98. The third kappa shape index (κ3) is 4.78. The molecule has 0 bridgehead atoms. The number of aromatic nitrogens is 4. The third-order valence-electron chi connectivity index (χ3n) is 4.94. The number of para-hydroxylation sites is 1. The van der Waals surface area contributed by atoms with Crippen molar-refractivity contribution in [3.05, 3.63) is 36.2 Å². The fourth-order valence-electron chi connectivity index (χ4n) is 3.51. The first-order valence-electron chi connectivity index (χ1n) is 8.86. The second-order valence-corrected chi connectivity index (χ2v) is 6.60. The Morgan fingerprint density at radius 1 is 1.28 bits per heavy atom. The summed E-state index contributed by atoms with van der Waals surface area (Å²) < 4.78 is 7.12. The number of nitrogens with one attached hydrogen (secondary N) is 1. The fraction of sp³-hybridized carbons (Fsp3) is 0.556. The Balaban J connectivity index is 1.39. The van der Waals surface area contributed by atoms with Crippen molar-refractivity contribution in [2.75, 3.05) is 13.7 Å². The van der Waals surface area contributed by atoms with Crippen molar-refractivity contribution in [2.45, 2.75) is 38.6 Å². The lowest BCUT2D eigenvalue weighted by Crippen LogP contribution is -2.35. The molecular formula is C18H25N5O2. The van der Waals surface area contributed by atoms with Crippen molar-refractivity contribution in [3.8, 4) is 5.75 Å². The molecule has 0 spiro atoms. The van der Waals surface area contributed by atoms with Gasteiger partial charge in [0.2, 0.25) is 5.91 Å². The molecule has 1 amide bonds. The summed E-state index contributed by atoms with van der Waals surface area (Å²) >= 11 is 0. The molecule has 0 saturated heterocycles. The van der Waals surface area contributed by atoms with Crippen LogP contribution in [0.5, 0.6) is 5.75 Å². The van der Waals surface area contributed by atoms with Crippen molar-refractivity contribution in [1.82, 2.24) is 25.5 Å². The molecule has 1 saturated carbocycles. The van der Waals surface area contributed by atoms with E-state index < -0.39 is 0 Å². The summed E-state index contributed by atoms with van der Waals surface area (Å²) in [6.45, 7) is 1.49. The number of benzene rings is 1. The van der Waals surface area contributed by atoms with E-state index in [-0.39, 0.29) is 11.8 Å². The topological polar surface area (TPSA) is 81.9 Å². The lowest BCUT2D eigenvalue weighted by Gasteiger charge is -2.27. The molecule has 0 aliphatic heterocycles. The van der Waals surface area contributed by atoms with Crippen molar-refractivity contribution >= 4 is 5.91 Å². The molecule has 1 aliphatic rings. The molecule has 0 radical (unpaired) electrons. The van der Waals surface area contributed by atoms with Crippen LogP contribution in [-0.4, -0.2) is 39.8 Å². The van der Waals surface area contributed by atoms with Crippen molar-refractivity contribution < 1.29 is 9.53 Å². The van der Waals surface area contributed by atoms with Gasteiger partial charge in [0.1, 0.15) is 12.1 Å². The molecule has 0 unspecified atom stereocenters. The number of methoxy groups -OCH3 is 1.